The molecule has 1 aromatic rings. The fourth-order valence-corrected chi connectivity index (χ4v) is 4.99. The first-order chi connectivity index (χ1) is 12.6. The van der Waals surface area contributed by atoms with Gasteiger partial charge in [0.1, 0.15) is 5.82 Å². The highest BCUT2D eigenvalue weighted by atomic mass is 16.6. The molecule has 3 heterocycles. The lowest BCUT2D eigenvalue weighted by Crippen LogP contribution is -2.58. The maximum absolute atomic E-state index is 11.8. The molecule has 142 valence electrons. The summed E-state index contributed by atoms with van der Waals surface area (Å²) in [7, 11) is 0. The predicted octanol–water partition coefficient (Wildman–Crippen LogP) is 2.52. The van der Waals surface area contributed by atoms with Crippen LogP contribution in [0.1, 0.15) is 31.7 Å². The Morgan fingerprint density at radius 1 is 1.31 bits per heavy atom. The standard InChI is InChI=1S/C20H30N4O2/c1-3-26-19(25)24-14-20(15-24)7-6-17(13-20)22-9-11-23(12-10-22)18-16(2)5-4-8-21-18/h4-5,8,17H,3,6-7,9-15H2,1-2H3. The molecule has 6 heteroatoms. The van der Waals surface area contributed by atoms with Crippen molar-refractivity contribution < 1.29 is 9.53 Å². The van der Waals surface area contributed by atoms with Gasteiger partial charge in [-0.3, -0.25) is 4.90 Å². The minimum absolute atomic E-state index is 0.138. The van der Waals surface area contributed by atoms with Gasteiger partial charge in [0.15, 0.2) is 0 Å². The van der Waals surface area contributed by atoms with E-state index in [9.17, 15) is 4.79 Å². The van der Waals surface area contributed by atoms with E-state index in [0.29, 0.717) is 18.1 Å². The zero-order valence-corrected chi connectivity index (χ0v) is 16.0. The number of likely N-dealkylation sites (tertiary alicyclic amines) is 1. The Hall–Kier alpha value is -1.82. The summed E-state index contributed by atoms with van der Waals surface area (Å²) in [5.74, 6) is 1.14. The summed E-state index contributed by atoms with van der Waals surface area (Å²) >= 11 is 0. The third-order valence-electron chi connectivity index (χ3n) is 6.37. The molecule has 4 rings (SSSR count). The molecule has 1 amide bonds. The Morgan fingerprint density at radius 2 is 2.08 bits per heavy atom. The van der Waals surface area contributed by atoms with Crippen molar-refractivity contribution in [2.24, 2.45) is 5.41 Å². The van der Waals surface area contributed by atoms with Crippen LogP contribution < -0.4 is 4.90 Å². The van der Waals surface area contributed by atoms with Crippen LogP contribution in [-0.2, 0) is 4.74 Å². The molecule has 3 fully saturated rings. The molecule has 1 spiro atoms. The zero-order valence-electron chi connectivity index (χ0n) is 16.0. The number of aryl methyl sites for hydroxylation is 1. The van der Waals surface area contributed by atoms with E-state index in [0.717, 1.165) is 45.1 Å². The highest BCUT2D eigenvalue weighted by Crippen LogP contribution is 2.47. The summed E-state index contributed by atoms with van der Waals surface area (Å²) < 4.78 is 5.12. The van der Waals surface area contributed by atoms with Crippen LogP contribution >= 0.6 is 0 Å². The Balaban J connectivity index is 1.28. The van der Waals surface area contributed by atoms with E-state index >= 15 is 0 Å². The highest BCUT2D eigenvalue weighted by Gasteiger charge is 2.51. The number of hydrogen-bond acceptors (Lipinski definition) is 5. The van der Waals surface area contributed by atoms with Crippen LogP contribution in [-0.4, -0.2) is 72.8 Å². The van der Waals surface area contributed by atoms with Crippen LogP contribution in [0.4, 0.5) is 10.6 Å². The molecule has 2 saturated heterocycles. The second-order valence-corrected chi connectivity index (χ2v) is 8.12. The van der Waals surface area contributed by atoms with Crippen LogP contribution in [0.25, 0.3) is 0 Å². The number of carbonyl (C=O) groups excluding carboxylic acids is 1. The first-order valence-electron chi connectivity index (χ1n) is 9.92. The number of rotatable bonds is 3. The van der Waals surface area contributed by atoms with Gasteiger partial charge in [0.05, 0.1) is 6.61 Å². The number of hydrogen-bond donors (Lipinski definition) is 0. The molecular formula is C20H30N4O2. The Bertz CT molecular complexity index is 651. The van der Waals surface area contributed by atoms with E-state index in [1.807, 2.05) is 24.1 Å². The molecule has 0 aromatic carbocycles. The quantitative estimate of drug-likeness (QED) is 0.831. The molecule has 6 nitrogen and oxygen atoms in total. The molecule has 1 unspecified atom stereocenters. The molecule has 26 heavy (non-hydrogen) atoms. The molecule has 0 radical (unpaired) electrons. The number of carbonyl (C=O) groups is 1. The van der Waals surface area contributed by atoms with Gasteiger partial charge in [0, 0.05) is 56.9 Å². The molecule has 2 aliphatic heterocycles. The Labute approximate surface area is 156 Å². The summed E-state index contributed by atoms with van der Waals surface area (Å²) in [6, 6.07) is 4.82. The Kier molecular flexibility index (Phi) is 4.78. The van der Waals surface area contributed by atoms with Gasteiger partial charge in [-0.2, -0.15) is 0 Å². The minimum Gasteiger partial charge on any atom is -0.450 e. The highest BCUT2D eigenvalue weighted by molar-refractivity contribution is 5.69. The zero-order chi connectivity index (χ0) is 18.1. The summed E-state index contributed by atoms with van der Waals surface area (Å²) in [4.78, 5) is 23.3. The lowest BCUT2D eigenvalue weighted by Gasteiger charge is -2.48. The average Bonchev–Trinajstić information content (AvgIpc) is 3.07. The fourth-order valence-electron chi connectivity index (χ4n) is 4.99. The van der Waals surface area contributed by atoms with Crippen LogP contribution in [0.15, 0.2) is 18.3 Å². The van der Waals surface area contributed by atoms with E-state index in [1.54, 1.807) is 0 Å². The molecule has 0 bridgehead atoms. The SMILES string of the molecule is CCOC(=O)N1CC2(CCC(N3CCN(c4ncccc4C)CC3)C2)C1. The number of aromatic nitrogens is 1. The average molecular weight is 358 g/mol. The summed E-state index contributed by atoms with van der Waals surface area (Å²) in [6.07, 6.45) is 5.49. The minimum atomic E-state index is -0.138. The normalized spacial score (nSPS) is 25.4. The molecule has 3 aliphatic rings. The van der Waals surface area contributed by atoms with E-state index in [1.165, 1.54) is 24.8 Å². The predicted molar refractivity (Wildman–Crippen MR) is 101 cm³/mol. The van der Waals surface area contributed by atoms with Gasteiger partial charge in [-0.05, 0) is 44.7 Å². The number of ether oxygens (including phenoxy) is 1. The lowest BCUT2D eigenvalue weighted by molar-refractivity contribution is -0.00294. The van der Waals surface area contributed by atoms with Crippen molar-refractivity contribution in [2.45, 2.75) is 39.2 Å². The van der Waals surface area contributed by atoms with Crippen molar-refractivity contribution in [3.63, 3.8) is 0 Å². The fraction of sp³-hybridized carbons (Fsp3) is 0.700. The first-order valence-corrected chi connectivity index (χ1v) is 9.92. The largest absolute Gasteiger partial charge is 0.450 e. The van der Waals surface area contributed by atoms with E-state index in [4.69, 9.17) is 4.74 Å². The lowest BCUT2D eigenvalue weighted by atomic mass is 9.78. The van der Waals surface area contributed by atoms with E-state index in [2.05, 4.69) is 27.8 Å². The number of amides is 1. The van der Waals surface area contributed by atoms with Gasteiger partial charge < -0.3 is 14.5 Å². The van der Waals surface area contributed by atoms with Gasteiger partial charge in [0.2, 0.25) is 0 Å². The van der Waals surface area contributed by atoms with Gasteiger partial charge >= 0.3 is 6.09 Å². The van der Waals surface area contributed by atoms with Crippen molar-refractivity contribution in [1.29, 1.82) is 0 Å². The molecule has 0 N–H and O–H groups in total. The number of pyridine rings is 1. The summed E-state index contributed by atoms with van der Waals surface area (Å²) in [5.41, 5.74) is 1.61. The maximum atomic E-state index is 11.8. The van der Waals surface area contributed by atoms with Crippen LogP contribution in [0, 0.1) is 12.3 Å². The monoisotopic (exact) mass is 358 g/mol. The van der Waals surface area contributed by atoms with Crippen LogP contribution in [0.5, 0.6) is 0 Å². The third-order valence-corrected chi connectivity index (χ3v) is 6.37. The van der Waals surface area contributed by atoms with E-state index in [-0.39, 0.29) is 6.09 Å². The van der Waals surface area contributed by atoms with Crippen molar-refractivity contribution >= 4 is 11.9 Å². The number of anilines is 1. The molecular weight excluding hydrogens is 328 g/mol. The van der Waals surface area contributed by atoms with Crippen molar-refractivity contribution in [3.05, 3.63) is 23.9 Å². The second-order valence-electron chi connectivity index (χ2n) is 8.12. The summed E-state index contributed by atoms with van der Waals surface area (Å²) in [6.45, 7) is 10.6. The molecule has 1 aliphatic carbocycles. The molecule has 1 atom stereocenters. The third kappa shape index (κ3) is 3.27. The second kappa shape index (κ2) is 7.06. The summed E-state index contributed by atoms with van der Waals surface area (Å²) in [5, 5.41) is 0. The van der Waals surface area contributed by atoms with Crippen molar-refractivity contribution in [1.82, 2.24) is 14.8 Å². The topological polar surface area (TPSA) is 48.9 Å². The Morgan fingerprint density at radius 3 is 2.77 bits per heavy atom. The van der Waals surface area contributed by atoms with Crippen molar-refractivity contribution in [3.8, 4) is 0 Å². The first kappa shape index (κ1) is 17.6. The molecule has 1 saturated carbocycles. The van der Waals surface area contributed by atoms with Gasteiger partial charge in [-0.1, -0.05) is 6.07 Å². The van der Waals surface area contributed by atoms with E-state index < -0.39 is 0 Å². The smallest absolute Gasteiger partial charge is 0.409 e. The molecule has 1 aromatic heterocycles. The van der Waals surface area contributed by atoms with Gasteiger partial charge in [0.25, 0.3) is 0 Å². The van der Waals surface area contributed by atoms with Gasteiger partial charge in [-0.25, -0.2) is 9.78 Å². The van der Waals surface area contributed by atoms with Crippen molar-refractivity contribution in [2.75, 3.05) is 50.8 Å². The van der Waals surface area contributed by atoms with Crippen LogP contribution in [0.3, 0.4) is 0 Å². The number of piperazine rings is 1. The maximum Gasteiger partial charge on any atom is 0.409 e. The van der Waals surface area contributed by atoms with Crippen LogP contribution in [0.2, 0.25) is 0 Å². The number of nitrogens with zero attached hydrogens (tertiary/aromatic N) is 4. The van der Waals surface area contributed by atoms with Gasteiger partial charge in [-0.15, -0.1) is 0 Å².